The highest BCUT2D eigenvalue weighted by Crippen LogP contribution is 2.25. The van der Waals surface area contributed by atoms with E-state index in [4.69, 9.17) is 0 Å². The Morgan fingerprint density at radius 2 is 2.17 bits per heavy atom. The summed E-state index contributed by atoms with van der Waals surface area (Å²) in [6.45, 7) is 1.40. The van der Waals surface area contributed by atoms with Gasteiger partial charge in [0.05, 0.1) is 4.90 Å². The van der Waals surface area contributed by atoms with Crippen LogP contribution in [0.5, 0.6) is 0 Å². The predicted octanol–water partition coefficient (Wildman–Crippen LogP) is 2.24. The van der Waals surface area contributed by atoms with Crippen molar-refractivity contribution in [2.24, 2.45) is 0 Å². The van der Waals surface area contributed by atoms with Gasteiger partial charge in [0.25, 0.3) is 0 Å². The van der Waals surface area contributed by atoms with E-state index in [0.29, 0.717) is 11.0 Å². The number of benzene rings is 1. The summed E-state index contributed by atoms with van der Waals surface area (Å²) in [5.74, 6) is 0. The van der Waals surface area contributed by atoms with E-state index in [2.05, 4.69) is 41.9 Å². The highest BCUT2D eigenvalue weighted by atomic mass is 79.9. The monoisotopic (exact) mass is 396 g/mol. The largest absolute Gasteiger partial charge is 0.313 e. The van der Waals surface area contributed by atoms with Crippen molar-refractivity contribution in [2.75, 3.05) is 13.1 Å². The van der Waals surface area contributed by atoms with Gasteiger partial charge < -0.3 is 5.32 Å². The molecule has 1 aliphatic rings. The van der Waals surface area contributed by atoms with Gasteiger partial charge in [-0.1, -0.05) is 15.9 Å². The third kappa shape index (κ3) is 3.54. The molecule has 0 bridgehead atoms. The van der Waals surface area contributed by atoms with Crippen LogP contribution in [0.1, 0.15) is 12.8 Å². The SMILES string of the molecule is O=S(=O)(NCC1CCCN1)c1ccc(Br)cc1Br. The van der Waals surface area contributed by atoms with Crippen molar-refractivity contribution in [1.82, 2.24) is 10.0 Å². The summed E-state index contributed by atoms with van der Waals surface area (Å²) in [5.41, 5.74) is 0. The van der Waals surface area contributed by atoms with Crippen LogP contribution in [0.2, 0.25) is 0 Å². The van der Waals surface area contributed by atoms with Gasteiger partial charge in [-0.15, -0.1) is 0 Å². The highest BCUT2D eigenvalue weighted by molar-refractivity contribution is 9.11. The van der Waals surface area contributed by atoms with Gasteiger partial charge >= 0.3 is 0 Å². The first kappa shape index (κ1) is 14.5. The standard InChI is InChI=1S/C11H14Br2N2O2S/c12-8-3-4-11(10(13)6-8)18(16,17)15-7-9-2-1-5-14-9/h3-4,6,9,14-15H,1-2,5,7H2. The molecule has 1 fully saturated rings. The van der Waals surface area contributed by atoms with Crippen molar-refractivity contribution in [3.05, 3.63) is 27.1 Å². The zero-order valence-corrected chi connectivity index (χ0v) is 13.6. The van der Waals surface area contributed by atoms with Crippen molar-refractivity contribution in [2.45, 2.75) is 23.8 Å². The molecule has 100 valence electrons. The summed E-state index contributed by atoms with van der Waals surface area (Å²) in [4.78, 5) is 0.267. The van der Waals surface area contributed by atoms with E-state index in [1.165, 1.54) is 0 Å². The molecule has 2 rings (SSSR count). The molecule has 1 atom stereocenters. The van der Waals surface area contributed by atoms with Gasteiger partial charge in [0.2, 0.25) is 10.0 Å². The fourth-order valence-corrected chi connectivity index (χ4v) is 4.74. The van der Waals surface area contributed by atoms with Crippen molar-refractivity contribution in [1.29, 1.82) is 0 Å². The minimum absolute atomic E-state index is 0.244. The molecule has 0 radical (unpaired) electrons. The fourth-order valence-electron chi connectivity index (χ4n) is 1.91. The molecule has 1 aromatic carbocycles. The second-order valence-electron chi connectivity index (χ2n) is 4.22. The first-order valence-electron chi connectivity index (χ1n) is 5.67. The highest BCUT2D eigenvalue weighted by Gasteiger charge is 2.21. The fraction of sp³-hybridized carbons (Fsp3) is 0.455. The number of hydrogen-bond acceptors (Lipinski definition) is 3. The summed E-state index contributed by atoms with van der Waals surface area (Å²) in [7, 11) is -3.45. The van der Waals surface area contributed by atoms with E-state index < -0.39 is 10.0 Å². The molecule has 1 unspecified atom stereocenters. The second kappa shape index (κ2) is 6.00. The quantitative estimate of drug-likeness (QED) is 0.819. The Morgan fingerprint density at radius 3 is 2.78 bits per heavy atom. The van der Waals surface area contributed by atoms with Crippen LogP contribution in [0.25, 0.3) is 0 Å². The lowest BCUT2D eigenvalue weighted by Crippen LogP contribution is -2.37. The van der Waals surface area contributed by atoms with Crippen molar-refractivity contribution < 1.29 is 8.42 Å². The van der Waals surface area contributed by atoms with Gasteiger partial charge in [-0.2, -0.15) is 0 Å². The van der Waals surface area contributed by atoms with Gasteiger partial charge in [0, 0.05) is 21.5 Å². The van der Waals surface area contributed by atoms with Crippen LogP contribution in [0, 0.1) is 0 Å². The van der Waals surface area contributed by atoms with Crippen LogP contribution >= 0.6 is 31.9 Å². The van der Waals surface area contributed by atoms with Crippen LogP contribution < -0.4 is 10.0 Å². The van der Waals surface area contributed by atoms with Crippen molar-refractivity contribution >= 4 is 41.9 Å². The summed E-state index contributed by atoms with van der Waals surface area (Å²) in [5, 5.41) is 3.26. The third-order valence-electron chi connectivity index (χ3n) is 2.87. The Balaban J connectivity index is 2.09. The predicted molar refractivity (Wildman–Crippen MR) is 78.1 cm³/mol. The maximum atomic E-state index is 12.1. The van der Waals surface area contributed by atoms with Crippen molar-refractivity contribution in [3.8, 4) is 0 Å². The number of rotatable bonds is 4. The molecular formula is C11H14Br2N2O2S. The van der Waals surface area contributed by atoms with E-state index in [0.717, 1.165) is 23.9 Å². The second-order valence-corrected chi connectivity index (χ2v) is 7.73. The van der Waals surface area contributed by atoms with E-state index in [9.17, 15) is 8.42 Å². The zero-order valence-electron chi connectivity index (χ0n) is 9.62. The van der Waals surface area contributed by atoms with E-state index in [1.54, 1.807) is 18.2 Å². The van der Waals surface area contributed by atoms with E-state index >= 15 is 0 Å². The molecule has 0 amide bonds. The minimum Gasteiger partial charge on any atom is -0.313 e. The molecule has 2 N–H and O–H groups in total. The lowest BCUT2D eigenvalue weighted by atomic mass is 10.2. The topological polar surface area (TPSA) is 58.2 Å². The minimum atomic E-state index is -3.45. The van der Waals surface area contributed by atoms with E-state index in [1.807, 2.05) is 0 Å². The lowest BCUT2D eigenvalue weighted by molar-refractivity contribution is 0.551. The molecule has 18 heavy (non-hydrogen) atoms. The molecule has 1 saturated heterocycles. The maximum Gasteiger partial charge on any atom is 0.241 e. The lowest BCUT2D eigenvalue weighted by Gasteiger charge is -2.13. The Kier molecular flexibility index (Phi) is 4.82. The Labute approximate surface area is 124 Å². The molecule has 0 aliphatic carbocycles. The maximum absolute atomic E-state index is 12.1. The first-order valence-corrected chi connectivity index (χ1v) is 8.74. The molecule has 4 nitrogen and oxygen atoms in total. The zero-order chi connectivity index (χ0) is 13.2. The molecule has 1 heterocycles. The third-order valence-corrected chi connectivity index (χ3v) is 5.76. The van der Waals surface area contributed by atoms with E-state index in [-0.39, 0.29) is 10.9 Å². The average Bonchev–Trinajstić information content (AvgIpc) is 2.78. The van der Waals surface area contributed by atoms with Crippen LogP contribution in [0.15, 0.2) is 32.0 Å². The van der Waals surface area contributed by atoms with Gasteiger partial charge in [-0.25, -0.2) is 13.1 Å². The van der Waals surface area contributed by atoms with Crippen LogP contribution in [0.4, 0.5) is 0 Å². The molecule has 0 saturated carbocycles. The van der Waals surface area contributed by atoms with Crippen LogP contribution in [-0.4, -0.2) is 27.5 Å². The van der Waals surface area contributed by atoms with Crippen LogP contribution in [0.3, 0.4) is 0 Å². The number of hydrogen-bond donors (Lipinski definition) is 2. The van der Waals surface area contributed by atoms with Crippen LogP contribution in [-0.2, 0) is 10.0 Å². The molecule has 7 heteroatoms. The molecule has 1 aliphatic heterocycles. The summed E-state index contributed by atoms with van der Waals surface area (Å²) >= 11 is 6.57. The average molecular weight is 398 g/mol. The number of halogens is 2. The smallest absolute Gasteiger partial charge is 0.241 e. The summed E-state index contributed by atoms with van der Waals surface area (Å²) in [6.07, 6.45) is 2.12. The Morgan fingerprint density at radius 1 is 1.39 bits per heavy atom. The van der Waals surface area contributed by atoms with Gasteiger partial charge in [0.15, 0.2) is 0 Å². The molecule has 0 spiro atoms. The Hall–Kier alpha value is 0.0500. The molecular weight excluding hydrogens is 384 g/mol. The number of sulfonamides is 1. The van der Waals surface area contributed by atoms with Gasteiger partial charge in [-0.05, 0) is 53.5 Å². The van der Waals surface area contributed by atoms with Gasteiger partial charge in [-0.3, -0.25) is 0 Å². The number of nitrogens with one attached hydrogen (secondary N) is 2. The van der Waals surface area contributed by atoms with Gasteiger partial charge in [0.1, 0.15) is 0 Å². The normalized spacial score (nSPS) is 20.2. The van der Waals surface area contributed by atoms with Crippen molar-refractivity contribution in [3.63, 3.8) is 0 Å². The first-order chi connectivity index (χ1) is 8.49. The summed E-state index contributed by atoms with van der Waals surface area (Å²) < 4.78 is 28.3. The Bertz CT molecular complexity index is 528. The summed E-state index contributed by atoms with van der Waals surface area (Å²) in [6, 6.07) is 5.27. The molecule has 0 aromatic heterocycles. The molecule has 1 aromatic rings.